The fraction of sp³-hybridized carbons (Fsp3) is 0.556. The largest absolute Gasteiger partial charge is 0.292 e. The number of nitrogens with two attached hydrogens (primary N) is 1. The van der Waals surface area contributed by atoms with Crippen molar-refractivity contribution in [2.75, 3.05) is 5.43 Å². The molecule has 1 aromatic rings. The van der Waals surface area contributed by atoms with Crippen molar-refractivity contribution in [2.45, 2.75) is 37.6 Å². The average Bonchev–Trinajstić information content (AvgIpc) is 2.36. The fourth-order valence-corrected chi connectivity index (χ4v) is 2.56. The number of hydrazine groups is 1. The highest BCUT2D eigenvalue weighted by Crippen LogP contribution is 2.09. The molecule has 8 heteroatoms. The fourth-order valence-electron chi connectivity index (χ4n) is 1.27. The first-order valence-electron chi connectivity index (χ1n) is 5.34. The van der Waals surface area contributed by atoms with Crippen molar-refractivity contribution in [3.8, 4) is 0 Å². The summed E-state index contributed by atoms with van der Waals surface area (Å²) in [5.41, 5.74) is 2.23. The minimum Gasteiger partial charge on any atom is -0.292 e. The summed E-state index contributed by atoms with van der Waals surface area (Å²) in [6, 6.07) is -0.0766. The minimum absolute atomic E-state index is 0.0309. The molecule has 1 rings (SSSR count). The molecule has 0 spiro atoms. The third kappa shape index (κ3) is 3.62. The number of nitrogens with zero attached hydrogens (tertiary/aromatic N) is 2. The van der Waals surface area contributed by atoms with Crippen LogP contribution in [0.4, 0.5) is 5.95 Å². The van der Waals surface area contributed by atoms with Crippen LogP contribution in [0.25, 0.3) is 0 Å². The lowest BCUT2D eigenvalue weighted by Gasteiger charge is -2.14. The molecule has 0 aliphatic rings. The van der Waals surface area contributed by atoms with Crippen LogP contribution in [0.2, 0.25) is 0 Å². The molecule has 0 aromatic carbocycles. The van der Waals surface area contributed by atoms with Crippen LogP contribution in [-0.4, -0.2) is 24.4 Å². The number of anilines is 1. The van der Waals surface area contributed by atoms with Crippen LogP contribution < -0.4 is 16.0 Å². The van der Waals surface area contributed by atoms with Crippen molar-refractivity contribution in [1.82, 2.24) is 14.7 Å². The first-order valence-corrected chi connectivity index (χ1v) is 6.82. The summed E-state index contributed by atoms with van der Waals surface area (Å²) in [6.07, 6.45) is 3.90. The van der Waals surface area contributed by atoms with Crippen molar-refractivity contribution in [2.24, 2.45) is 5.84 Å². The number of sulfonamides is 1. The topological polar surface area (TPSA) is 110 Å². The molecule has 4 N–H and O–H groups in total. The Balaban J connectivity index is 2.89. The zero-order chi connectivity index (χ0) is 12.9. The molecule has 0 unspecified atom stereocenters. The Kier molecular flexibility index (Phi) is 4.79. The number of nitrogen functional groups attached to an aromatic ring is 1. The number of rotatable bonds is 6. The number of nitrogens with one attached hydrogen (secondary N) is 2. The molecule has 0 amide bonds. The molecule has 0 bridgehead atoms. The van der Waals surface area contributed by atoms with Gasteiger partial charge in [0.15, 0.2) is 0 Å². The van der Waals surface area contributed by atoms with E-state index in [-0.39, 0.29) is 16.9 Å². The second-order valence-electron chi connectivity index (χ2n) is 3.52. The van der Waals surface area contributed by atoms with Crippen LogP contribution in [0, 0.1) is 0 Å². The molecule has 0 saturated heterocycles. The van der Waals surface area contributed by atoms with Crippen molar-refractivity contribution >= 4 is 16.0 Å². The van der Waals surface area contributed by atoms with Gasteiger partial charge in [-0.2, -0.15) is 0 Å². The molecule has 1 aromatic heterocycles. The smallest absolute Gasteiger partial charge is 0.243 e. The first-order chi connectivity index (χ1) is 8.03. The van der Waals surface area contributed by atoms with Crippen molar-refractivity contribution in [3.63, 3.8) is 0 Å². The van der Waals surface area contributed by atoms with Crippen LogP contribution in [0.1, 0.15) is 26.7 Å². The Morgan fingerprint density at radius 1 is 1.29 bits per heavy atom. The van der Waals surface area contributed by atoms with Gasteiger partial charge >= 0.3 is 0 Å². The zero-order valence-electron chi connectivity index (χ0n) is 9.84. The number of hydrogen-bond acceptors (Lipinski definition) is 6. The Bertz CT molecular complexity index is 441. The third-order valence-corrected chi connectivity index (χ3v) is 3.85. The number of aromatic nitrogens is 2. The molecule has 0 fully saturated rings. The van der Waals surface area contributed by atoms with Gasteiger partial charge in [-0.15, -0.1) is 0 Å². The maximum atomic E-state index is 11.9. The van der Waals surface area contributed by atoms with E-state index in [1.54, 1.807) is 0 Å². The highest BCUT2D eigenvalue weighted by molar-refractivity contribution is 7.89. The van der Waals surface area contributed by atoms with Gasteiger partial charge in [-0.25, -0.2) is 29.0 Å². The summed E-state index contributed by atoms with van der Waals surface area (Å²) in [5, 5.41) is 0. The standard InChI is InChI=1S/C9H17N5O2S/c1-3-7(4-2)14-17(15,16)8-5-11-9(13-10)12-6-8/h5-7,14H,3-4,10H2,1-2H3,(H,11,12,13). The van der Waals surface area contributed by atoms with E-state index in [1.165, 1.54) is 12.4 Å². The minimum atomic E-state index is -3.55. The van der Waals surface area contributed by atoms with Gasteiger partial charge in [0.1, 0.15) is 4.90 Å². The van der Waals surface area contributed by atoms with Gasteiger partial charge in [0, 0.05) is 6.04 Å². The van der Waals surface area contributed by atoms with Crippen LogP contribution in [-0.2, 0) is 10.0 Å². The summed E-state index contributed by atoms with van der Waals surface area (Å²) in [5.74, 6) is 5.27. The highest BCUT2D eigenvalue weighted by atomic mass is 32.2. The maximum absolute atomic E-state index is 11.9. The van der Waals surface area contributed by atoms with Crippen LogP contribution in [0.15, 0.2) is 17.3 Å². The molecule has 17 heavy (non-hydrogen) atoms. The van der Waals surface area contributed by atoms with Gasteiger partial charge in [0.2, 0.25) is 16.0 Å². The van der Waals surface area contributed by atoms with E-state index in [9.17, 15) is 8.42 Å². The van der Waals surface area contributed by atoms with Crippen LogP contribution in [0.3, 0.4) is 0 Å². The predicted molar refractivity (Wildman–Crippen MR) is 64.5 cm³/mol. The van der Waals surface area contributed by atoms with Crippen molar-refractivity contribution < 1.29 is 8.42 Å². The third-order valence-electron chi connectivity index (χ3n) is 2.37. The Labute approximate surface area is 101 Å². The van der Waals surface area contributed by atoms with Gasteiger partial charge in [-0.3, -0.25) is 5.43 Å². The Morgan fingerprint density at radius 2 is 1.82 bits per heavy atom. The molecule has 1 heterocycles. The van der Waals surface area contributed by atoms with E-state index < -0.39 is 10.0 Å². The monoisotopic (exact) mass is 259 g/mol. The molecular weight excluding hydrogens is 242 g/mol. The van der Waals surface area contributed by atoms with E-state index >= 15 is 0 Å². The molecule has 0 aliphatic heterocycles. The van der Waals surface area contributed by atoms with Gasteiger partial charge in [0.25, 0.3) is 0 Å². The maximum Gasteiger partial charge on any atom is 0.243 e. The Morgan fingerprint density at radius 3 is 2.24 bits per heavy atom. The van der Waals surface area contributed by atoms with E-state index in [2.05, 4.69) is 20.1 Å². The second-order valence-corrected chi connectivity index (χ2v) is 5.24. The second kappa shape index (κ2) is 5.89. The summed E-state index contributed by atoms with van der Waals surface area (Å²) in [6.45, 7) is 3.85. The van der Waals surface area contributed by atoms with Gasteiger partial charge in [0.05, 0.1) is 12.4 Å². The van der Waals surface area contributed by atoms with E-state index in [0.717, 1.165) is 12.8 Å². The lowest BCUT2D eigenvalue weighted by atomic mass is 10.2. The molecular formula is C9H17N5O2S. The van der Waals surface area contributed by atoms with Crippen molar-refractivity contribution in [1.29, 1.82) is 0 Å². The SMILES string of the molecule is CCC(CC)NS(=O)(=O)c1cnc(NN)nc1. The van der Waals surface area contributed by atoms with Crippen molar-refractivity contribution in [3.05, 3.63) is 12.4 Å². The molecule has 0 radical (unpaired) electrons. The van der Waals surface area contributed by atoms with E-state index in [1.807, 2.05) is 13.8 Å². The molecule has 0 aliphatic carbocycles. The average molecular weight is 259 g/mol. The predicted octanol–water partition coefficient (Wildman–Crippen LogP) is 0.229. The van der Waals surface area contributed by atoms with E-state index in [0.29, 0.717) is 0 Å². The zero-order valence-corrected chi connectivity index (χ0v) is 10.7. The summed E-state index contributed by atoms with van der Waals surface area (Å²) in [7, 11) is -3.55. The summed E-state index contributed by atoms with van der Waals surface area (Å²) in [4.78, 5) is 7.54. The molecule has 0 atom stereocenters. The molecule has 7 nitrogen and oxygen atoms in total. The lowest BCUT2D eigenvalue weighted by Crippen LogP contribution is -2.34. The van der Waals surface area contributed by atoms with Gasteiger partial charge < -0.3 is 0 Å². The van der Waals surface area contributed by atoms with Crippen LogP contribution in [0.5, 0.6) is 0 Å². The lowest BCUT2D eigenvalue weighted by molar-refractivity contribution is 0.529. The van der Waals surface area contributed by atoms with Crippen LogP contribution >= 0.6 is 0 Å². The van der Waals surface area contributed by atoms with Gasteiger partial charge in [-0.1, -0.05) is 13.8 Å². The molecule has 96 valence electrons. The highest BCUT2D eigenvalue weighted by Gasteiger charge is 2.18. The summed E-state index contributed by atoms with van der Waals surface area (Å²) < 4.78 is 26.4. The van der Waals surface area contributed by atoms with Gasteiger partial charge in [-0.05, 0) is 12.8 Å². The quantitative estimate of drug-likeness (QED) is 0.498. The Hall–Kier alpha value is -1.25. The van der Waals surface area contributed by atoms with E-state index in [4.69, 9.17) is 5.84 Å². The number of hydrogen-bond donors (Lipinski definition) is 3. The molecule has 0 saturated carbocycles. The first kappa shape index (κ1) is 13.8. The summed E-state index contributed by atoms with van der Waals surface area (Å²) >= 11 is 0. The normalized spacial score (nSPS) is 11.8.